The molecular formula is C43H34B7N3OS. The molecule has 0 radical (unpaired) electrons. The zero-order chi connectivity index (χ0) is 37.8. The van der Waals surface area contributed by atoms with Crippen LogP contribution in [0.1, 0.15) is 25.0 Å². The number of rotatable bonds is 2. The smallest absolute Gasteiger partial charge is 0.160 e. The Morgan fingerprint density at radius 1 is 0.600 bits per heavy atom. The van der Waals surface area contributed by atoms with Crippen LogP contribution in [-0.2, 0) is 5.41 Å². The van der Waals surface area contributed by atoms with E-state index in [9.17, 15) is 0 Å². The van der Waals surface area contributed by atoms with Crippen molar-refractivity contribution in [2.24, 2.45) is 0 Å². The first-order valence-electron chi connectivity index (χ1n) is 19.3. The van der Waals surface area contributed by atoms with E-state index in [4.69, 9.17) is 14.4 Å². The van der Waals surface area contributed by atoms with E-state index in [2.05, 4.69) is 158 Å². The predicted octanol–water partition coefficient (Wildman–Crippen LogP) is -0.377. The number of thiophene rings is 1. The second-order valence-corrected chi connectivity index (χ2v) is 17.4. The van der Waals surface area contributed by atoms with Crippen LogP contribution in [0.2, 0.25) is 0 Å². The summed E-state index contributed by atoms with van der Waals surface area (Å²) in [7, 11) is 15.6. The summed E-state index contributed by atoms with van der Waals surface area (Å²) in [6.45, 7) is 4.73. The molecule has 0 fully saturated rings. The standard InChI is InChI=1S/C43H34B7N3OS/c1-43(2)21-11-7-10-20-26-19-9-4-6-13-25(19)55-42(26)53(38(20)21)24-15-14-17(16-22(24)43)41-51-23-12-5-3-8-18(23)37(52-41)29-32(46)33(47)30(44)27-28-31(45)34(48)35(49)36(50)40(28)54-39(27)29/h3-16H,44-50H2,1-2H3. The van der Waals surface area contributed by atoms with Gasteiger partial charge in [0.25, 0.3) is 0 Å². The van der Waals surface area contributed by atoms with Gasteiger partial charge in [0.2, 0.25) is 0 Å². The maximum atomic E-state index is 7.05. The Bertz CT molecular complexity index is 3400. The van der Waals surface area contributed by atoms with Gasteiger partial charge in [-0.05, 0) is 41.5 Å². The fraction of sp³-hybridized carbons (Fsp3) is 0.0698. The molecule has 0 aliphatic carbocycles. The van der Waals surface area contributed by atoms with Crippen LogP contribution in [0.15, 0.2) is 89.3 Å². The Labute approximate surface area is 329 Å². The van der Waals surface area contributed by atoms with E-state index >= 15 is 0 Å². The van der Waals surface area contributed by atoms with Crippen LogP contribution in [0, 0.1) is 0 Å². The third-order valence-electron chi connectivity index (χ3n) is 13.4. The molecule has 4 aromatic heterocycles. The molecule has 0 amide bonds. The summed E-state index contributed by atoms with van der Waals surface area (Å²) in [5.74, 6) is 0.719. The third-order valence-corrected chi connectivity index (χ3v) is 14.6. The monoisotopic (exact) mass is 717 g/mol. The molecule has 0 spiro atoms. The predicted molar refractivity (Wildman–Crippen MR) is 257 cm³/mol. The summed E-state index contributed by atoms with van der Waals surface area (Å²) in [5.41, 5.74) is 19.5. The minimum atomic E-state index is -0.242. The number of benzene rings is 6. The lowest BCUT2D eigenvalue weighted by Gasteiger charge is -2.35. The highest BCUT2D eigenvalue weighted by molar-refractivity contribution is 7.25. The number of para-hydroxylation sites is 2. The molecule has 0 bridgehead atoms. The number of hydrogen-bond acceptors (Lipinski definition) is 4. The highest BCUT2D eigenvalue weighted by Gasteiger charge is 2.36. The minimum Gasteiger partial charge on any atom is -0.456 e. The van der Waals surface area contributed by atoms with E-state index in [0.717, 1.165) is 44.7 Å². The third kappa shape index (κ3) is 4.16. The van der Waals surface area contributed by atoms with Crippen molar-refractivity contribution in [3.8, 4) is 28.3 Å². The van der Waals surface area contributed by atoms with Crippen molar-refractivity contribution >= 4 is 169 Å². The fourth-order valence-corrected chi connectivity index (χ4v) is 11.0. The molecule has 5 heterocycles. The molecule has 12 heteroatoms. The van der Waals surface area contributed by atoms with Crippen LogP contribution >= 0.6 is 11.3 Å². The Kier molecular flexibility index (Phi) is 6.69. The van der Waals surface area contributed by atoms with Gasteiger partial charge in [0.05, 0.1) is 22.4 Å². The van der Waals surface area contributed by atoms with Gasteiger partial charge in [-0.15, -0.1) is 16.8 Å². The van der Waals surface area contributed by atoms with Gasteiger partial charge in [-0.2, -0.15) is 0 Å². The summed E-state index contributed by atoms with van der Waals surface area (Å²) in [6, 6.07) is 31.0. The second-order valence-electron chi connectivity index (χ2n) is 16.3. The lowest BCUT2D eigenvalue weighted by Crippen LogP contribution is -2.48. The lowest BCUT2D eigenvalue weighted by molar-refractivity contribution is 0.630. The molecule has 1 aliphatic heterocycles. The van der Waals surface area contributed by atoms with Gasteiger partial charge < -0.3 is 8.98 Å². The molecule has 0 unspecified atom stereocenters. The Hall–Kier alpha value is -5.33. The van der Waals surface area contributed by atoms with Gasteiger partial charge in [-0.3, -0.25) is 0 Å². The van der Waals surface area contributed by atoms with Crippen LogP contribution in [0.25, 0.3) is 92.4 Å². The summed E-state index contributed by atoms with van der Waals surface area (Å²) in [4.78, 5) is 12.1. The largest absolute Gasteiger partial charge is 0.456 e. The summed E-state index contributed by atoms with van der Waals surface area (Å²) < 4.78 is 10.9. The number of nitrogens with zero attached hydrogens (tertiary/aromatic N) is 3. The van der Waals surface area contributed by atoms with E-state index in [1.807, 2.05) is 11.3 Å². The van der Waals surface area contributed by atoms with Gasteiger partial charge in [0, 0.05) is 53.6 Å². The van der Waals surface area contributed by atoms with Crippen molar-refractivity contribution in [2.45, 2.75) is 19.3 Å². The molecule has 55 heavy (non-hydrogen) atoms. The first kappa shape index (κ1) is 33.0. The molecule has 11 rings (SSSR count). The van der Waals surface area contributed by atoms with Gasteiger partial charge >= 0.3 is 0 Å². The molecule has 0 saturated carbocycles. The molecular weight excluding hydrogens is 682 g/mol. The molecule has 254 valence electrons. The number of hydrogen-bond donors (Lipinski definition) is 0. The van der Waals surface area contributed by atoms with E-state index < -0.39 is 0 Å². The molecule has 0 N–H and O–H groups in total. The second kappa shape index (κ2) is 11.1. The first-order valence-corrected chi connectivity index (χ1v) is 20.1. The summed E-state index contributed by atoms with van der Waals surface area (Å²) in [5, 5.41) is 7.44. The highest BCUT2D eigenvalue weighted by atomic mass is 32.1. The van der Waals surface area contributed by atoms with Crippen molar-refractivity contribution in [1.29, 1.82) is 0 Å². The molecule has 0 atom stereocenters. The SMILES string of the molecule is Bc1c(B)c(B)c2c(oc3c(-c4nc(-c5ccc6c(c5)C(C)(C)c5cccc7c8c9ccccc9sc8n-6c57)nc5ccccc45)c(B)c(B)c(B)c32)c1B. The van der Waals surface area contributed by atoms with Gasteiger partial charge in [0.1, 0.15) is 70.9 Å². The topological polar surface area (TPSA) is 43.9 Å². The van der Waals surface area contributed by atoms with Crippen LogP contribution < -0.4 is 38.2 Å². The Morgan fingerprint density at radius 2 is 1.27 bits per heavy atom. The number of fused-ring (bicyclic) bond motifs is 11. The van der Waals surface area contributed by atoms with Crippen molar-refractivity contribution in [2.75, 3.05) is 0 Å². The molecule has 10 aromatic rings. The zero-order valence-corrected chi connectivity index (χ0v) is 33.6. The van der Waals surface area contributed by atoms with Gasteiger partial charge in [-0.1, -0.05) is 101 Å². The average Bonchev–Trinajstić information content (AvgIpc) is 3.87. The maximum Gasteiger partial charge on any atom is 0.160 e. The summed E-state index contributed by atoms with van der Waals surface area (Å²) in [6.07, 6.45) is 0. The van der Waals surface area contributed by atoms with Crippen LogP contribution in [-0.4, -0.2) is 69.5 Å². The van der Waals surface area contributed by atoms with E-state index in [-0.39, 0.29) is 5.41 Å². The van der Waals surface area contributed by atoms with Crippen molar-refractivity contribution in [3.63, 3.8) is 0 Å². The Morgan fingerprint density at radius 3 is 2.07 bits per heavy atom. The van der Waals surface area contributed by atoms with Gasteiger partial charge in [-0.25, -0.2) is 9.97 Å². The number of furan rings is 1. The van der Waals surface area contributed by atoms with Gasteiger partial charge in [0.15, 0.2) is 5.82 Å². The highest BCUT2D eigenvalue weighted by Crippen LogP contribution is 2.51. The molecule has 4 nitrogen and oxygen atoms in total. The van der Waals surface area contributed by atoms with Crippen molar-refractivity contribution in [1.82, 2.24) is 14.5 Å². The zero-order valence-electron chi connectivity index (χ0n) is 32.7. The van der Waals surface area contributed by atoms with Crippen LogP contribution in [0.5, 0.6) is 0 Å². The van der Waals surface area contributed by atoms with Crippen LogP contribution in [0.4, 0.5) is 0 Å². The lowest BCUT2D eigenvalue weighted by atomic mass is 9.64. The van der Waals surface area contributed by atoms with Crippen molar-refractivity contribution in [3.05, 3.63) is 96.1 Å². The quantitative estimate of drug-likeness (QED) is 0.230. The maximum absolute atomic E-state index is 7.05. The normalized spacial score (nSPS) is 13.6. The number of aromatic nitrogens is 3. The van der Waals surface area contributed by atoms with E-state index in [1.54, 1.807) is 0 Å². The molecule has 6 aromatic carbocycles. The summed E-state index contributed by atoms with van der Waals surface area (Å²) >= 11 is 1.88. The van der Waals surface area contributed by atoms with Crippen molar-refractivity contribution < 1.29 is 4.42 Å². The van der Waals surface area contributed by atoms with E-state index in [1.165, 1.54) is 97.0 Å². The average molecular weight is 717 g/mol. The molecule has 1 aliphatic rings. The van der Waals surface area contributed by atoms with Crippen LogP contribution in [0.3, 0.4) is 0 Å². The minimum absolute atomic E-state index is 0.242. The fourth-order valence-electron chi connectivity index (χ4n) is 9.80. The van der Waals surface area contributed by atoms with E-state index in [0.29, 0.717) is 0 Å². The Balaban J connectivity index is 1.19. The molecule has 0 saturated heterocycles. The first-order chi connectivity index (χ1) is 26.5.